The summed E-state index contributed by atoms with van der Waals surface area (Å²) in [5.41, 5.74) is 2.88. The van der Waals surface area contributed by atoms with Gasteiger partial charge in [-0.05, 0) is 30.7 Å². The van der Waals surface area contributed by atoms with Crippen LogP contribution in [0.15, 0.2) is 72.9 Å². The van der Waals surface area contributed by atoms with Crippen LogP contribution < -0.4 is 10.2 Å². The van der Waals surface area contributed by atoms with Crippen molar-refractivity contribution in [3.8, 4) is 0 Å². The maximum absolute atomic E-state index is 13.7. The average Bonchev–Trinajstić information content (AvgIpc) is 2.72. The first-order valence-corrected chi connectivity index (χ1v) is 8.94. The third kappa shape index (κ3) is 4.91. The number of carbonyl (C=O) groups is 1. The van der Waals surface area contributed by atoms with Crippen LogP contribution in [0.25, 0.3) is 0 Å². The van der Waals surface area contributed by atoms with Crippen molar-refractivity contribution in [1.29, 1.82) is 0 Å². The van der Waals surface area contributed by atoms with Crippen molar-refractivity contribution >= 4 is 11.6 Å². The summed E-state index contributed by atoms with van der Waals surface area (Å²) >= 11 is 0. The summed E-state index contributed by atoms with van der Waals surface area (Å²) in [5, 5.41) is 2.73. The fourth-order valence-electron chi connectivity index (χ4n) is 2.84. The Hall–Kier alpha value is -3.21. The van der Waals surface area contributed by atoms with Crippen molar-refractivity contribution in [3.63, 3.8) is 0 Å². The minimum absolute atomic E-state index is 0.124. The molecule has 1 N–H and O–H groups in total. The lowest BCUT2D eigenvalue weighted by molar-refractivity contribution is 0.0945. The molecule has 1 amide bonds. The molecule has 0 bridgehead atoms. The maximum Gasteiger partial charge on any atom is 0.270 e. The fourth-order valence-corrected chi connectivity index (χ4v) is 2.84. The number of nitrogens with one attached hydrogen (secondary N) is 1. The number of halogens is 1. The Bertz CT molecular complexity index is 899. The van der Waals surface area contributed by atoms with Gasteiger partial charge in [0.1, 0.15) is 11.5 Å². The standard InChI is InChI=1S/C22H22FN3O/c1-2-26(16-17-8-4-3-5-9-17)19-12-13-24-21(14-19)22(27)25-15-18-10-6-7-11-20(18)23/h3-14H,2,15-16H2,1H3,(H,25,27). The first-order valence-electron chi connectivity index (χ1n) is 8.94. The van der Waals surface area contributed by atoms with Crippen LogP contribution in [-0.4, -0.2) is 17.4 Å². The highest BCUT2D eigenvalue weighted by molar-refractivity contribution is 5.93. The smallest absolute Gasteiger partial charge is 0.270 e. The number of rotatable bonds is 7. The van der Waals surface area contributed by atoms with Gasteiger partial charge in [-0.1, -0.05) is 48.5 Å². The Kier molecular flexibility index (Phi) is 6.15. The molecule has 0 aliphatic carbocycles. The van der Waals surface area contributed by atoms with Gasteiger partial charge in [-0.3, -0.25) is 9.78 Å². The number of nitrogens with zero attached hydrogens (tertiary/aromatic N) is 2. The van der Waals surface area contributed by atoms with E-state index in [1.165, 1.54) is 11.6 Å². The van der Waals surface area contributed by atoms with E-state index < -0.39 is 0 Å². The van der Waals surface area contributed by atoms with Gasteiger partial charge in [0.15, 0.2) is 0 Å². The monoisotopic (exact) mass is 363 g/mol. The highest BCUT2D eigenvalue weighted by Crippen LogP contribution is 2.18. The van der Waals surface area contributed by atoms with Crippen LogP contribution in [0, 0.1) is 5.82 Å². The number of pyridine rings is 1. The van der Waals surface area contributed by atoms with Gasteiger partial charge in [-0.25, -0.2) is 4.39 Å². The molecule has 5 heteroatoms. The van der Waals surface area contributed by atoms with Crippen molar-refractivity contribution in [3.05, 3.63) is 95.6 Å². The summed E-state index contributed by atoms with van der Waals surface area (Å²) in [6.07, 6.45) is 1.63. The van der Waals surface area contributed by atoms with E-state index >= 15 is 0 Å². The summed E-state index contributed by atoms with van der Waals surface area (Å²) in [6.45, 7) is 3.74. The largest absolute Gasteiger partial charge is 0.367 e. The molecular formula is C22H22FN3O. The summed E-state index contributed by atoms with van der Waals surface area (Å²) < 4.78 is 13.7. The number of benzene rings is 2. The molecule has 1 aromatic heterocycles. The molecule has 0 saturated carbocycles. The predicted octanol–water partition coefficient (Wildman–Crippen LogP) is 4.18. The first kappa shape index (κ1) is 18.6. The Morgan fingerprint density at radius 1 is 1.07 bits per heavy atom. The average molecular weight is 363 g/mol. The molecule has 2 aromatic carbocycles. The minimum Gasteiger partial charge on any atom is -0.367 e. The topological polar surface area (TPSA) is 45.2 Å². The van der Waals surface area contributed by atoms with Gasteiger partial charge in [0.2, 0.25) is 0 Å². The highest BCUT2D eigenvalue weighted by Gasteiger charge is 2.12. The third-order valence-corrected chi connectivity index (χ3v) is 4.34. The maximum atomic E-state index is 13.7. The predicted molar refractivity (Wildman–Crippen MR) is 105 cm³/mol. The Labute approximate surface area is 158 Å². The number of aromatic nitrogens is 1. The van der Waals surface area contributed by atoms with Gasteiger partial charge in [0, 0.05) is 37.1 Å². The molecule has 0 fully saturated rings. The van der Waals surface area contributed by atoms with E-state index in [0.717, 1.165) is 18.8 Å². The number of hydrogen-bond acceptors (Lipinski definition) is 3. The zero-order valence-electron chi connectivity index (χ0n) is 15.2. The molecule has 0 spiro atoms. The molecule has 138 valence electrons. The van der Waals surface area contributed by atoms with Gasteiger partial charge >= 0.3 is 0 Å². The Morgan fingerprint density at radius 3 is 2.56 bits per heavy atom. The molecular weight excluding hydrogens is 341 g/mol. The van der Waals surface area contributed by atoms with E-state index in [-0.39, 0.29) is 18.3 Å². The highest BCUT2D eigenvalue weighted by atomic mass is 19.1. The molecule has 4 nitrogen and oxygen atoms in total. The molecule has 3 rings (SSSR count). The van der Waals surface area contributed by atoms with Crippen LogP contribution in [0.3, 0.4) is 0 Å². The van der Waals surface area contributed by atoms with Crippen LogP contribution >= 0.6 is 0 Å². The summed E-state index contributed by atoms with van der Waals surface area (Å²) in [4.78, 5) is 18.8. The van der Waals surface area contributed by atoms with E-state index in [9.17, 15) is 9.18 Å². The molecule has 0 saturated heterocycles. The van der Waals surface area contributed by atoms with Gasteiger partial charge < -0.3 is 10.2 Å². The molecule has 27 heavy (non-hydrogen) atoms. The minimum atomic E-state index is -0.334. The van der Waals surface area contributed by atoms with Crippen molar-refractivity contribution in [1.82, 2.24) is 10.3 Å². The molecule has 0 unspecified atom stereocenters. The third-order valence-electron chi connectivity index (χ3n) is 4.34. The van der Waals surface area contributed by atoms with Crippen molar-refractivity contribution in [2.24, 2.45) is 0 Å². The number of carbonyl (C=O) groups excluding carboxylic acids is 1. The number of amides is 1. The second kappa shape index (κ2) is 8.94. The quantitative estimate of drug-likeness (QED) is 0.685. The molecule has 1 heterocycles. The molecule has 0 aliphatic heterocycles. The number of hydrogen-bond donors (Lipinski definition) is 1. The van der Waals surface area contributed by atoms with Gasteiger partial charge in [-0.15, -0.1) is 0 Å². The van der Waals surface area contributed by atoms with Gasteiger partial charge in [-0.2, -0.15) is 0 Å². The lowest BCUT2D eigenvalue weighted by atomic mass is 10.2. The lowest BCUT2D eigenvalue weighted by Gasteiger charge is -2.23. The van der Waals surface area contributed by atoms with Crippen LogP contribution in [0.5, 0.6) is 0 Å². The zero-order chi connectivity index (χ0) is 19.1. The van der Waals surface area contributed by atoms with Gasteiger partial charge in [0.25, 0.3) is 5.91 Å². The van der Waals surface area contributed by atoms with E-state index in [0.29, 0.717) is 11.3 Å². The molecule has 0 atom stereocenters. The molecule has 0 radical (unpaired) electrons. The van der Waals surface area contributed by atoms with Crippen LogP contribution in [0.1, 0.15) is 28.5 Å². The second-order valence-electron chi connectivity index (χ2n) is 6.17. The fraction of sp³-hybridized carbons (Fsp3) is 0.182. The lowest BCUT2D eigenvalue weighted by Crippen LogP contribution is -2.26. The van der Waals surface area contributed by atoms with E-state index in [4.69, 9.17) is 0 Å². The van der Waals surface area contributed by atoms with Crippen molar-refractivity contribution in [2.75, 3.05) is 11.4 Å². The summed E-state index contributed by atoms with van der Waals surface area (Å²) in [6, 6.07) is 20.2. The second-order valence-corrected chi connectivity index (χ2v) is 6.17. The van der Waals surface area contributed by atoms with Crippen molar-refractivity contribution < 1.29 is 9.18 Å². The van der Waals surface area contributed by atoms with Crippen molar-refractivity contribution in [2.45, 2.75) is 20.0 Å². The van der Waals surface area contributed by atoms with Gasteiger partial charge in [0.05, 0.1) is 0 Å². The van der Waals surface area contributed by atoms with E-state index in [1.54, 1.807) is 30.5 Å². The Morgan fingerprint density at radius 2 is 1.81 bits per heavy atom. The zero-order valence-corrected chi connectivity index (χ0v) is 15.2. The Balaban J connectivity index is 1.70. The molecule has 0 aliphatic rings. The summed E-state index contributed by atoms with van der Waals surface area (Å²) in [7, 11) is 0. The van der Waals surface area contributed by atoms with E-state index in [2.05, 4.69) is 34.3 Å². The SMILES string of the molecule is CCN(Cc1ccccc1)c1ccnc(C(=O)NCc2ccccc2F)c1. The number of anilines is 1. The van der Waals surface area contributed by atoms with Crippen LogP contribution in [-0.2, 0) is 13.1 Å². The summed E-state index contributed by atoms with van der Waals surface area (Å²) in [5.74, 6) is -0.657. The first-order chi connectivity index (χ1) is 13.2. The molecule has 3 aromatic rings. The van der Waals surface area contributed by atoms with Crippen LogP contribution in [0.4, 0.5) is 10.1 Å². The van der Waals surface area contributed by atoms with Crippen LogP contribution in [0.2, 0.25) is 0 Å². The van der Waals surface area contributed by atoms with E-state index in [1.807, 2.05) is 24.3 Å². The normalized spacial score (nSPS) is 10.4.